The van der Waals surface area contributed by atoms with Crippen molar-refractivity contribution >= 4 is 11.7 Å². The van der Waals surface area contributed by atoms with Crippen molar-refractivity contribution in [3.63, 3.8) is 0 Å². The molecule has 0 fully saturated rings. The van der Waals surface area contributed by atoms with Gasteiger partial charge in [0.05, 0.1) is 18.1 Å². The van der Waals surface area contributed by atoms with Crippen molar-refractivity contribution in [2.45, 2.75) is 26.2 Å². The average molecular weight is 197 g/mol. The van der Waals surface area contributed by atoms with Gasteiger partial charge in [0.1, 0.15) is 0 Å². The standard InChI is InChI=1S/C9H15N3O2/c1-2-14-8-5-3-4-7(6-8)11-12-9(10)13/h6H,2-5H2,1H3,(H3,10,12,13)/b11-7-. The van der Waals surface area contributed by atoms with E-state index in [2.05, 4.69) is 10.5 Å². The molecule has 1 aliphatic rings. The van der Waals surface area contributed by atoms with Gasteiger partial charge in [-0.3, -0.25) is 0 Å². The highest BCUT2D eigenvalue weighted by atomic mass is 16.5. The molecular formula is C9H15N3O2. The normalized spacial score (nSPS) is 18.9. The van der Waals surface area contributed by atoms with Crippen LogP contribution in [-0.4, -0.2) is 18.3 Å². The third-order valence-electron chi connectivity index (χ3n) is 1.82. The van der Waals surface area contributed by atoms with Gasteiger partial charge in [0.15, 0.2) is 0 Å². The van der Waals surface area contributed by atoms with E-state index < -0.39 is 6.03 Å². The summed E-state index contributed by atoms with van der Waals surface area (Å²) < 4.78 is 5.36. The fourth-order valence-electron chi connectivity index (χ4n) is 1.29. The van der Waals surface area contributed by atoms with Crippen molar-refractivity contribution in [3.05, 3.63) is 11.8 Å². The van der Waals surface area contributed by atoms with Gasteiger partial charge >= 0.3 is 6.03 Å². The molecule has 1 rings (SSSR count). The molecule has 3 N–H and O–H groups in total. The summed E-state index contributed by atoms with van der Waals surface area (Å²) in [5, 5.41) is 3.85. The highest BCUT2D eigenvalue weighted by Gasteiger charge is 2.09. The summed E-state index contributed by atoms with van der Waals surface area (Å²) in [6.07, 6.45) is 4.62. The van der Waals surface area contributed by atoms with Gasteiger partial charge in [-0.15, -0.1) is 0 Å². The van der Waals surface area contributed by atoms with E-state index in [4.69, 9.17) is 10.5 Å². The Balaban J connectivity index is 2.57. The maximum absolute atomic E-state index is 10.4. The van der Waals surface area contributed by atoms with Crippen LogP contribution in [0.2, 0.25) is 0 Å². The number of ether oxygens (including phenoxy) is 1. The smallest absolute Gasteiger partial charge is 0.332 e. The van der Waals surface area contributed by atoms with Crippen LogP contribution in [0.5, 0.6) is 0 Å². The summed E-state index contributed by atoms with van der Waals surface area (Å²) in [4.78, 5) is 10.4. The van der Waals surface area contributed by atoms with Gasteiger partial charge in [-0.2, -0.15) is 5.10 Å². The Kier molecular flexibility index (Phi) is 3.97. The zero-order valence-electron chi connectivity index (χ0n) is 8.25. The van der Waals surface area contributed by atoms with Crippen LogP contribution in [0.15, 0.2) is 16.9 Å². The lowest BCUT2D eigenvalue weighted by atomic mass is 10.0. The van der Waals surface area contributed by atoms with Crippen LogP contribution in [-0.2, 0) is 4.74 Å². The quantitative estimate of drug-likeness (QED) is 0.665. The van der Waals surface area contributed by atoms with E-state index in [-0.39, 0.29) is 0 Å². The Labute approximate surface area is 83.0 Å². The molecule has 0 heterocycles. The Morgan fingerprint density at radius 1 is 1.71 bits per heavy atom. The molecule has 0 unspecified atom stereocenters. The average Bonchev–Trinajstić information content (AvgIpc) is 2.16. The van der Waals surface area contributed by atoms with E-state index in [1.807, 2.05) is 13.0 Å². The van der Waals surface area contributed by atoms with Gasteiger partial charge in [0.25, 0.3) is 0 Å². The van der Waals surface area contributed by atoms with E-state index in [1.54, 1.807) is 0 Å². The van der Waals surface area contributed by atoms with E-state index in [0.717, 1.165) is 30.7 Å². The van der Waals surface area contributed by atoms with Crippen LogP contribution in [0.1, 0.15) is 26.2 Å². The predicted octanol–water partition coefficient (Wildman–Crippen LogP) is 1.11. The maximum atomic E-state index is 10.4. The number of rotatable bonds is 3. The number of carbonyl (C=O) groups is 1. The second-order valence-electron chi connectivity index (χ2n) is 2.98. The molecule has 0 atom stereocenters. The number of nitrogens with zero attached hydrogens (tertiary/aromatic N) is 1. The van der Waals surface area contributed by atoms with Gasteiger partial charge in [-0.25, -0.2) is 10.2 Å². The van der Waals surface area contributed by atoms with Gasteiger partial charge in [0.2, 0.25) is 0 Å². The van der Waals surface area contributed by atoms with Crippen molar-refractivity contribution in [2.75, 3.05) is 6.61 Å². The summed E-state index contributed by atoms with van der Waals surface area (Å²) in [5.74, 6) is 0.920. The zero-order chi connectivity index (χ0) is 10.4. The summed E-state index contributed by atoms with van der Waals surface area (Å²) in [5.41, 5.74) is 7.90. The van der Waals surface area contributed by atoms with Crippen LogP contribution in [0, 0.1) is 0 Å². The molecule has 0 spiro atoms. The highest BCUT2D eigenvalue weighted by molar-refractivity contribution is 5.96. The minimum atomic E-state index is -0.644. The summed E-state index contributed by atoms with van der Waals surface area (Å²) in [6, 6.07) is -0.644. The molecule has 0 aromatic carbocycles. The predicted molar refractivity (Wildman–Crippen MR) is 53.7 cm³/mol. The number of hydrazone groups is 1. The minimum absolute atomic E-state index is 0.644. The number of nitrogens with two attached hydrogens (primary N) is 1. The topological polar surface area (TPSA) is 76.7 Å². The Bertz CT molecular complexity index is 271. The monoisotopic (exact) mass is 197 g/mol. The molecule has 1 aliphatic carbocycles. The fraction of sp³-hybridized carbons (Fsp3) is 0.556. The maximum Gasteiger partial charge on any atom is 0.332 e. The molecule has 0 saturated heterocycles. The number of carbonyl (C=O) groups excluding carboxylic acids is 1. The number of nitrogens with one attached hydrogen (secondary N) is 1. The van der Waals surface area contributed by atoms with Gasteiger partial charge < -0.3 is 10.5 Å². The molecule has 0 aromatic heterocycles. The van der Waals surface area contributed by atoms with Crippen LogP contribution in [0.25, 0.3) is 0 Å². The SMILES string of the molecule is CCOC1=C/C(=N\NC(N)=O)CCC1. The first kappa shape index (κ1) is 10.6. The van der Waals surface area contributed by atoms with Crippen LogP contribution in [0.3, 0.4) is 0 Å². The minimum Gasteiger partial charge on any atom is -0.498 e. The first-order valence-corrected chi connectivity index (χ1v) is 4.67. The lowest BCUT2D eigenvalue weighted by Crippen LogP contribution is -2.26. The third kappa shape index (κ3) is 3.47. The number of amides is 2. The molecule has 0 radical (unpaired) electrons. The first-order valence-electron chi connectivity index (χ1n) is 4.67. The number of hydrogen-bond donors (Lipinski definition) is 2. The third-order valence-corrected chi connectivity index (χ3v) is 1.82. The molecular weight excluding hydrogens is 182 g/mol. The lowest BCUT2D eigenvalue weighted by molar-refractivity contribution is 0.216. The number of hydrogen-bond acceptors (Lipinski definition) is 3. The number of allylic oxidation sites excluding steroid dienone is 2. The second-order valence-corrected chi connectivity index (χ2v) is 2.98. The van der Waals surface area contributed by atoms with Crippen LogP contribution >= 0.6 is 0 Å². The molecule has 78 valence electrons. The fourth-order valence-corrected chi connectivity index (χ4v) is 1.29. The molecule has 0 bridgehead atoms. The molecule has 5 heteroatoms. The van der Waals surface area contributed by atoms with Crippen molar-refractivity contribution in [3.8, 4) is 0 Å². The van der Waals surface area contributed by atoms with Crippen molar-refractivity contribution in [2.24, 2.45) is 10.8 Å². The summed E-state index contributed by atoms with van der Waals surface area (Å²) >= 11 is 0. The summed E-state index contributed by atoms with van der Waals surface area (Å²) in [7, 11) is 0. The van der Waals surface area contributed by atoms with Crippen molar-refractivity contribution in [1.29, 1.82) is 0 Å². The summed E-state index contributed by atoms with van der Waals surface area (Å²) in [6.45, 7) is 2.59. The molecule has 2 amide bonds. The van der Waals surface area contributed by atoms with Gasteiger partial charge in [-0.1, -0.05) is 0 Å². The van der Waals surface area contributed by atoms with E-state index in [1.165, 1.54) is 0 Å². The van der Waals surface area contributed by atoms with E-state index >= 15 is 0 Å². The molecule has 0 aromatic rings. The first-order chi connectivity index (χ1) is 6.72. The molecule has 0 saturated carbocycles. The molecule has 5 nitrogen and oxygen atoms in total. The highest BCUT2D eigenvalue weighted by Crippen LogP contribution is 2.16. The molecule has 14 heavy (non-hydrogen) atoms. The van der Waals surface area contributed by atoms with E-state index in [0.29, 0.717) is 6.61 Å². The van der Waals surface area contributed by atoms with Gasteiger partial charge in [-0.05, 0) is 25.8 Å². The second kappa shape index (κ2) is 5.26. The Hall–Kier alpha value is -1.52. The van der Waals surface area contributed by atoms with Crippen molar-refractivity contribution < 1.29 is 9.53 Å². The van der Waals surface area contributed by atoms with Crippen LogP contribution in [0.4, 0.5) is 4.79 Å². The Morgan fingerprint density at radius 2 is 2.50 bits per heavy atom. The van der Waals surface area contributed by atoms with Crippen LogP contribution < -0.4 is 11.2 Å². The number of urea groups is 1. The van der Waals surface area contributed by atoms with Gasteiger partial charge in [0, 0.05) is 6.42 Å². The molecule has 0 aliphatic heterocycles. The largest absolute Gasteiger partial charge is 0.498 e. The van der Waals surface area contributed by atoms with E-state index in [9.17, 15) is 4.79 Å². The van der Waals surface area contributed by atoms with Crippen molar-refractivity contribution in [1.82, 2.24) is 5.43 Å². The zero-order valence-corrected chi connectivity index (χ0v) is 8.25. The Morgan fingerprint density at radius 3 is 3.14 bits per heavy atom. The number of primary amides is 1. The lowest BCUT2D eigenvalue weighted by Gasteiger charge is -2.14.